The third kappa shape index (κ3) is 3.68. The number of piperidine rings is 1. The predicted molar refractivity (Wildman–Crippen MR) is 58.9 cm³/mol. The second kappa shape index (κ2) is 4.99. The summed E-state index contributed by atoms with van der Waals surface area (Å²) in [4.78, 5) is 2.64. The molecule has 1 nitrogen and oxygen atoms in total. The lowest BCUT2D eigenvalue weighted by Crippen LogP contribution is -2.40. The van der Waals surface area contributed by atoms with Crippen LogP contribution in [0.25, 0.3) is 0 Å². The molecule has 1 atom stereocenters. The van der Waals surface area contributed by atoms with Crippen LogP contribution in [0, 0.1) is 11.8 Å². The van der Waals surface area contributed by atoms with E-state index < -0.39 is 0 Å². The Morgan fingerprint density at radius 3 is 2.46 bits per heavy atom. The van der Waals surface area contributed by atoms with Crippen molar-refractivity contribution < 1.29 is 0 Å². The Kier molecular flexibility index (Phi) is 4.24. The van der Waals surface area contributed by atoms with Gasteiger partial charge in [-0.05, 0) is 51.5 Å². The molecule has 0 aromatic heterocycles. The molecular weight excluding hydrogens is 158 g/mol. The molecule has 0 amide bonds. The number of hydrogen-bond acceptors (Lipinski definition) is 1. The third-order valence-corrected chi connectivity index (χ3v) is 3.09. The Balaban J connectivity index is 2.33. The highest BCUT2D eigenvalue weighted by atomic mass is 15.2. The maximum atomic E-state index is 2.64. The van der Waals surface area contributed by atoms with Gasteiger partial charge in [-0.1, -0.05) is 13.8 Å². The molecule has 1 aliphatic heterocycles. The second-order valence-electron chi connectivity index (χ2n) is 5.23. The van der Waals surface area contributed by atoms with Gasteiger partial charge in [-0.2, -0.15) is 0 Å². The Morgan fingerprint density at radius 1 is 1.23 bits per heavy atom. The van der Waals surface area contributed by atoms with Crippen LogP contribution < -0.4 is 0 Å². The van der Waals surface area contributed by atoms with Gasteiger partial charge < -0.3 is 4.90 Å². The molecule has 13 heavy (non-hydrogen) atoms. The van der Waals surface area contributed by atoms with Gasteiger partial charge in [-0.25, -0.2) is 0 Å². The van der Waals surface area contributed by atoms with Gasteiger partial charge in [-0.15, -0.1) is 0 Å². The van der Waals surface area contributed by atoms with Crippen LogP contribution in [0.1, 0.15) is 47.0 Å². The van der Waals surface area contributed by atoms with E-state index in [1.807, 2.05) is 0 Å². The fourth-order valence-corrected chi connectivity index (χ4v) is 2.43. The Morgan fingerprint density at radius 2 is 1.92 bits per heavy atom. The smallest absolute Gasteiger partial charge is 0.00387 e. The molecule has 1 aliphatic rings. The van der Waals surface area contributed by atoms with Crippen molar-refractivity contribution in [2.24, 2.45) is 11.8 Å². The van der Waals surface area contributed by atoms with Gasteiger partial charge in [0.1, 0.15) is 0 Å². The van der Waals surface area contributed by atoms with Crippen LogP contribution in [0.2, 0.25) is 0 Å². The normalized spacial score (nSPS) is 25.8. The minimum absolute atomic E-state index is 0.745. The van der Waals surface area contributed by atoms with E-state index in [0.29, 0.717) is 0 Å². The molecule has 1 saturated heterocycles. The highest BCUT2D eigenvalue weighted by molar-refractivity contribution is 4.75. The van der Waals surface area contributed by atoms with E-state index in [-0.39, 0.29) is 0 Å². The van der Waals surface area contributed by atoms with Crippen molar-refractivity contribution >= 4 is 0 Å². The highest BCUT2D eigenvalue weighted by Crippen LogP contribution is 2.23. The third-order valence-electron chi connectivity index (χ3n) is 3.09. The summed E-state index contributed by atoms with van der Waals surface area (Å²) in [6.45, 7) is 12.0. The molecular formula is C12H25N. The zero-order valence-electron chi connectivity index (χ0n) is 9.71. The largest absolute Gasteiger partial charge is 0.301 e. The van der Waals surface area contributed by atoms with Crippen molar-refractivity contribution in [3.8, 4) is 0 Å². The van der Waals surface area contributed by atoms with E-state index in [2.05, 4.69) is 32.6 Å². The average molecular weight is 183 g/mol. The second-order valence-corrected chi connectivity index (χ2v) is 5.23. The van der Waals surface area contributed by atoms with Crippen molar-refractivity contribution in [3.63, 3.8) is 0 Å². The molecule has 1 fully saturated rings. The summed E-state index contributed by atoms with van der Waals surface area (Å²) in [5.74, 6) is 1.84. The van der Waals surface area contributed by atoms with Gasteiger partial charge in [0, 0.05) is 12.6 Å². The Labute approximate surface area is 83.5 Å². The predicted octanol–water partition coefficient (Wildman–Crippen LogP) is 3.15. The van der Waals surface area contributed by atoms with Gasteiger partial charge in [0.15, 0.2) is 0 Å². The molecule has 78 valence electrons. The van der Waals surface area contributed by atoms with Crippen molar-refractivity contribution in [3.05, 3.63) is 0 Å². The lowest BCUT2D eigenvalue weighted by molar-refractivity contribution is 0.128. The summed E-state index contributed by atoms with van der Waals surface area (Å²) >= 11 is 0. The molecule has 0 aromatic rings. The number of likely N-dealkylation sites (tertiary alicyclic amines) is 1. The number of rotatable bonds is 3. The van der Waals surface area contributed by atoms with Crippen LogP contribution in [-0.4, -0.2) is 24.0 Å². The maximum absolute atomic E-state index is 2.64. The first-order chi connectivity index (χ1) is 6.09. The van der Waals surface area contributed by atoms with Gasteiger partial charge in [-0.3, -0.25) is 0 Å². The van der Waals surface area contributed by atoms with E-state index in [4.69, 9.17) is 0 Å². The SMILES string of the molecule is CC(C)C[C@@H]1CCCN(C(C)C)C1. The minimum Gasteiger partial charge on any atom is -0.301 e. The molecule has 0 N–H and O–H groups in total. The van der Waals surface area contributed by atoms with Crippen molar-refractivity contribution in [1.82, 2.24) is 4.90 Å². The highest BCUT2D eigenvalue weighted by Gasteiger charge is 2.21. The first kappa shape index (κ1) is 11.0. The summed E-state index contributed by atoms with van der Waals surface area (Å²) in [5, 5.41) is 0. The lowest BCUT2D eigenvalue weighted by Gasteiger charge is -2.36. The van der Waals surface area contributed by atoms with Gasteiger partial charge >= 0.3 is 0 Å². The van der Waals surface area contributed by atoms with Gasteiger partial charge in [0.05, 0.1) is 0 Å². The summed E-state index contributed by atoms with van der Waals surface area (Å²) in [6, 6.07) is 0.745. The van der Waals surface area contributed by atoms with Crippen LogP contribution in [0.3, 0.4) is 0 Å². The molecule has 1 heterocycles. The summed E-state index contributed by atoms with van der Waals surface area (Å²) < 4.78 is 0. The Bertz CT molecular complexity index is 140. The minimum atomic E-state index is 0.745. The van der Waals surface area contributed by atoms with E-state index >= 15 is 0 Å². The first-order valence-corrected chi connectivity index (χ1v) is 5.83. The molecule has 0 radical (unpaired) electrons. The molecule has 0 unspecified atom stereocenters. The molecule has 0 aliphatic carbocycles. The average Bonchev–Trinajstić information content (AvgIpc) is 2.03. The summed E-state index contributed by atoms with van der Waals surface area (Å²) in [5.41, 5.74) is 0. The molecule has 0 spiro atoms. The summed E-state index contributed by atoms with van der Waals surface area (Å²) in [6.07, 6.45) is 4.29. The van der Waals surface area contributed by atoms with Crippen molar-refractivity contribution in [2.45, 2.75) is 53.0 Å². The number of hydrogen-bond donors (Lipinski definition) is 0. The fourth-order valence-electron chi connectivity index (χ4n) is 2.43. The van der Waals surface area contributed by atoms with E-state index in [1.54, 1.807) is 0 Å². The quantitative estimate of drug-likeness (QED) is 0.649. The monoisotopic (exact) mass is 183 g/mol. The van der Waals surface area contributed by atoms with E-state index in [0.717, 1.165) is 17.9 Å². The topological polar surface area (TPSA) is 3.24 Å². The fraction of sp³-hybridized carbons (Fsp3) is 1.00. The Hall–Kier alpha value is -0.0400. The van der Waals surface area contributed by atoms with Crippen LogP contribution >= 0.6 is 0 Å². The van der Waals surface area contributed by atoms with E-state index in [1.165, 1.54) is 32.4 Å². The molecule has 1 rings (SSSR count). The molecule has 1 heteroatoms. The van der Waals surface area contributed by atoms with E-state index in [9.17, 15) is 0 Å². The zero-order valence-corrected chi connectivity index (χ0v) is 9.71. The van der Waals surface area contributed by atoms with Crippen molar-refractivity contribution in [2.75, 3.05) is 13.1 Å². The van der Waals surface area contributed by atoms with Gasteiger partial charge in [0.25, 0.3) is 0 Å². The zero-order chi connectivity index (χ0) is 9.84. The van der Waals surface area contributed by atoms with Crippen LogP contribution in [0.5, 0.6) is 0 Å². The lowest BCUT2D eigenvalue weighted by atomic mass is 9.89. The summed E-state index contributed by atoms with van der Waals surface area (Å²) in [7, 11) is 0. The van der Waals surface area contributed by atoms with Crippen LogP contribution in [0.4, 0.5) is 0 Å². The van der Waals surface area contributed by atoms with Crippen LogP contribution in [-0.2, 0) is 0 Å². The standard InChI is InChI=1S/C12H25N/c1-10(2)8-12-6-5-7-13(9-12)11(3)4/h10-12H,5-9H2,1-4H3/t12-/m0/s1. The maximum Gasteiger partial charge on any atom is 0.00387 e. The first-order valence-electron chi connectivity index (χ1n) is 5.83. The van der Waals surface area contributed by atoms with Crippen molar-refractivity contribution in [1.29, 1.82) is 0 Å². The van der Waals surface area contributed by atoms with Gasteiger partial charge in [0.2, 0.25) is 0 Å². The molecule has 0 saturated carbocycles. The van der Waals surface area contributed by atoms with Crippen LogP contribution in [0.15, 0.2) is 0 Å². The molecule has 0 aromatic carbocycles. The molecule has 0 bridgehead atoms. The number of nitrogens with zero attached hydrogens (tertiary/aromatic N) is 1.